The Hall–Kier alpha value is -2.29. The van der Waals surface area contributed by atoms with Crippen LogP contribution >= 0.6 is 0 Å². The van der Waals surface area contributed by atoms with Gasteiger partial charge in [-0.15, -0.1) is 0 Å². The number of rotatable bonds is 5. The summed E-state index contributed by atoms with van der Waals surface area (Å²) in [6.45, 7) is 2.07. The van der Waals surface area contributed by atoms with Gasteiger partial charge in [-0.2, -0.15) is 0 Å². The van der Waals surface area contributed by atoms with Crippen LogP contribution in [0.5, 0.6) is 11.5 Å². The van der Waals surface area contributed by atoms with E-state index < -0.39 is 0 Å². The third kappa shape index (κ3) is 3.63. The van der Waals surface area contributed by atoms with Gasteiger partial charge in [-0.1, -0.05) is 18.2 Å². The van der Waals surface area contributed by atoms with E-state index >= 15 is 0 Å². The van der Waals surface area contributed by atoms with E-state index in [2.05, 4.69) is 12.2 Å². The Morgan fingerprint density at radius 1 is 1.05 bits per heavy atom. The highest BCUT2D eigenvalue weighted by molar-refractivity contribution is 5.94. The quantitative estimate of drug-likeness (QED) is 0.899. The highest BCUT2D eigenvalue weighted by Gasteiger charge is 2.28. The van der Waals surface area contributed by atoms with Gasteiger partial charge in [0.25, 0.3) is 5.91 Å². The van der Waals surface area contributed by atoms with Gasteiger partial charge in [0.05, 0.1) is 0 Å². The molecule has 0 spiro atoms. The second-order valence-corrected chi connectivity index (χ2v) is 5.54. The SMILES string of the molecule is C[C@@H](NC(=O)c1ccc(Oc2ccccc2)cc1)C1CC1. The van der Waals surface area contributed by atoms with Gasteiger partial charge in [-0.3, -0.25) is 4.79 Å². The molecule has 0 radical (unpaired) electrons. The molecule has 0 unspecified atom stereocenters. The topological polar surface area (TPSA) is 38.3 Å². The monoisotopic (exact) mass is 281 g/mol. The molecule has 1 aliphatic rings. The lowest BCUT2D eigenvalue weighted by Crippen LogP contribution is -2.33. The summed E-state index contributed by atoms with van der Waals surface area (Å²) < 4.78 is 5.71. The average Bonchev–Trinajstić information content (AvgIpc) is 3.33. The third-order valence-electron chi connectivity index (χ3n) is 3.78. The summed E-state index contributed by atoms with van der Waals surface area (Å²) in [7, 11) is 0. The number of benzene rings is 2. The Labute approximate surface area is 124 Å². The van der Waals surface area contributed by atoms with Gasteiger partial charge in [0.2, 0.25) is 0 Å². The van der Waals surface area contributed by atoms with Crippen molar-refractivity contribution in [2.45, 2.75) is 25.8 Å². The lowest BCUT2D eigenvalue weighted by Gasteiger charge is -2.13. The Morgan fingerprint density at radius 3 is 2.29 bits per heavy atom. The van der Waals surface area contributed by atoms with Crippen LogP contribution < -0.4 is 10.1 Å². The fraction of sp³-hybridized carbons (Fsp3) is 0.278. The fourth-order valence-electron chi connectivity index (χ4n) is 2.30. The van der Waals surface area contributed by atoms with Crippen molar-refractivity contribution in [2.75, 3.05) is 0 Å². The molecule has 1 aliphatic carbocycles. The standard InChI is InChI=1S/C18H19NO2/c1-13(14-7-8-14)19-18(20)15-9-11-17(12-10-15)21-16-5-3-2-4-6-16/h2-6,9-14H,7-8H2,1H3,(H,19,20)/t13-/m1/s1. The first-order valence-electron chi connectivity index (χ1n) is 7.36. The van der Waals surface area contributed by atoms with Crippen LogP contribution in [0.15, 0.2) is 54.6 Å². The van der Waals surface area contributed by atoms with Crippen LogP contribution in [0.4, 0.5) is 0 Å². The van der Waals surface area contributed by atoms with Crippen LogP contribution in [0.2, 0.25) is 0 Å². The molecule has 0 aromatic heterocycles. The Morgan fingerprint density at radius 2 is 1.67 bits per heavy atom. The van der Waals surface area contributed by atoms with Crippen LogP contribution in [0.1, 0.15) is 30.1 Å². The molecule has 1 atom stereocenters. The van der Waals surface area contributed by atoms with Crippen molar-refractivity contribution < 1.29 is 9.53 Å². The van der Waals surface area contributed by atoms with E-state index in [4.69, 9.17) is 4.74 Å². The molecule has 2 aromatic rings. The highest BCUT2D eigenvalue weighted by Crippen LogP contribution is 2.32. The summed E-state index contributed by atoms with van der Waals surface area (Å²) in [6, 6.07) is 17.1. The summed E-state index contributed by atoms with van der Waals surface area (Å²) in [6.07, 6.45) is 2.45. The second-order valence-electron chi connectivity index (χ2n) is 5.54. The largest absolute Gasteiger partial charge is 0.457 e. The molecule has 2 aromatic carbocycles. The van der Waals surface area contributed by atoms with E-state index in [1.54, 1.807) is 12.1 Å². The second kappa shape index (κ2) is 6.00. The zero-order valence-electron chi connectivity index (χ0n) is 12.1. The molecular formula is C18H19NO2. The molecule has 1 amide bonds. The first-order valence-corrected chi connectivity index (χ1v) is 7.36. The van der Waals surface area contributed by atoms with Crippen LogP contribution in [0.25, 0.3) is 0 Å². The molecule has 21 heavy (non-hydrogen) atoms. The maximum absolute atomic E-state index is 12.1. The van der Waals surface area contributed by atoms with Crippen LogP contribution in [0.3, 0.4) is 0 Å². The smallest absolute Gasteiger partial charge is 0.251 e. The molecule has 1 N–H and O–H groups in total. The molecule has 1 saturated carbocycles. The number of carbonyl (C=O) groups is 1. The van der Waals surface area contributed by atoms with E-state index in [0.717, 1.165) is 11.5 Å². The van der Waals surface area contributed by atoms with Crippen molar-refractivity contribution in [2.24, 2.45) is 5.92 Å². The minimum absolute atomic E-state index is 0.0133. The van der Waals surface area contributed by atoms with Crippen molar-refractivity contribution in [3.8, 4) is 11.5 Å². The maximum atomic E-state index is 12.1. The molecule has 3 nitrogen and oxygen atoms in total. The van der Waals surface area contributed by atoms with Crippen molar-refractivity contribution in [1.82, 2.24) is 5.32 Å². The van der Waals surface area contributed by atoms with Gasteiger partial charge >= 0.3 is 0 Å². The average molecular weight is 281 g/mol. The minimum Gasteiger partial charge on any atom is -0.457 e. The van der Waals surface area contributed by atoms with E-state index in [1.165, 1.54) is 12.8 Å². The number of hydrogen-bond acceptors (Lipinski definition) is 2. The lowest BCUT2D eigenvalue weighted by atomic mass is 10.1. The zero-order chi connectivity index (χ0) is 14.7. The Balaban J connectivity index is 1.62. The van der Waals surface area contributed by atoms with Gasteiger partial charge in [-0.25, -0.2) is 0 Å². The summed E-state index contributed by atoms with van der Waals surface area (Å²) in [5.74, 6) is 2.17. The van der Waals surface area contributed by atoms with E-state index in [0.29, 0.717) is 11.5 Å². The fourth-order valence-corrected chi connectivity index (χ4v) is 2.30. The first kappa shape index (κ1) is 13.7. The van der Waals surface area contributed by atoms with E-state index in [-0.39, 0.29) is 11.9 Å². The van der Waals surface area contributed by atoms with Gasteiger partial charge < -0.3 is 10.1 Å². The molecule has 0 bridgehead atoms. The van der Waals surface area contributed by atoms with Crippen molar-refractivity contribution in [3.05, 3.63) is 60.2 Å². The molecule has 3 rings (SSSR count). The number of carbonyl (C=O) groups excluding carboxylic acids is 1. The van der Waals surface area contributed by atoms with Gasteiger partial charge in [0.1, 0.15) is 11.5 Å². The zero-order valence-corrected chi connectivity index (χ0v) is 12.1. The maximum Gasteiger partial charge on any atom is 0.251 e. The molecule has 3 heteroatoms. The third-order valence-corrected chi connectivity index (χ3v) is 3.78. The number of hydrogen-bond donors (Lipinski definition) is 1. The summed E-state index contributed by atoms with van der Waals surface area (Å²) in [4.78, 5) is 12.1. The highest BCUT2D eigenvalue weighted by atomic mass is 16.5. The van der Waals surface area contributed by atoms with Crippen molar-refractivity contribution in [3.63, 3.8) is 0 Å². The van der Waals surface area contributed by atoms with Gasteiger partial charge in [0.15, 0.2) is 0 Å². The Bertz CT molecular complexity index is 603. The predicted octanol–water partition coefficient (Wildman–Crippen LogP) is 4.01. The van der Waals surface area contributed by atoms with Crippen molar-refractivity contribution >= 4 is 5.91 Å². The molecule has 0 aliphatic heterocycles. The summed E-state index contributed by atoms with van der Waals surface area (Å²) >= 11 is 0. The molecule has 1 fully saturated rings. The van der Waals surface area contributed by atoms with E-state index in [1.807, 2.05) is 42.5 Å². The number of nitrogens with one attached hydrogen (secondary N) is 1. The van der Waals surface area contributed by atoms with Gasteiger partial charge in [0, 0.05) is 11.6 Å². The number of amides is 1. The van der Waals surface area contributed by atoms with Gasteiger partial charge in [-0.05, 0) is 62.1 Å². The van der Waals surface area contributed by atoms with Crippen LogP contribution in [0, 0.1) is 5.92 Å². The van der Waals surface area contributed by atoms with E-state index in [9.17, 15) is 4.79 Å². The van der Waals surface area contributed by atoms with Crippen LogP contribution in [-0.4, -0.2) is 11.9 Å². The normalized spacial score (nSPS) is 15.3. The Kier molecular flexibility index (Phi) is 3.91. The summed E-state index contributed by atoms with van der Waals surface area (Å²) in [5, 5.41) is 3.05. The minimum atomic E-state index is -0.0133. The molecule has 0 heterocycles. The van der Waals surface area contributed by atoms with Crippen molar-refractivity contribution in [1.29, 1.82) is 0 Å². The van der Waals surface area contributed by atoms with Crippen LogP contribution in [-0.2, 0) is 0 Å². The molecule has 108 valence electrons. The number of ether oxygens (including phenoxy) is 1. The number of para-hydroxylation sites is 1. The first-order chi connectivity index (χ1) is 10.2. The summed E-state index contributed by atoms with van der Waals surface area (Å²) in [5.41, 5.74) is 0.669. The predicted molar refractivity (Wildman–Crippen MR) is 82.6 cm³/mol. The molecular weight excluding hydrogens is 262 g/mol. The molecule has 0 saturated heterocycles. The lowest BCUT2D eigenvalue weighted by molar-refractivity contribution is 0.0936.